The van der Waals surface area contributed by atoms with Crippen molar-refractivity contribution in [1.29, 1.82) is 0 Å². The average molecular weight is 333 g/mol. The van der Waals surface area contributed by atoms with Crippen LogP contribution >= 0.6 is 0 Å². The third-order valence-corrected chi connectivity index (χ3v) is 4.57. The van der Waals surface area contributed by atoms with E-state index in [4.69, 9.17) is 4.98 Å². The topological polar surface area (TPSA) is 67.1 Å². The molecule has 0 bridgehead atoms. The summed E-state index contributed by atoms with van der Waals surface area (Å²) in [5.74, 6) is 0.782. The monoisotopic (exact) mass is 333 g/mol. The first-order chi connectivity index (χ1) is 12.1. The molecule has 5 heteroatoms. The summed E-state index contributed by atoms with van der Waals surface area (Å²) in [6.45, 7) is 2.69. The summed E-state index contributed by atoms with van der Waals surface area (Å²) in [5, 5.41) is 13.2. The molecule has 1 aromatic heterocycles. The first-order valence-corrected chi connectivity index (χ1v) is 8.35. The largest absolute Gasteiger partial charge is 0.512 e. The van der Waals surface area contributed by atoms with Gasteiger partial charge >= 0.3 is 0 Å². The number of carbonyl (C=O) groups is 1. The van der Waals surface area contributed by atoms with Gasteiger partial charge in [0, 0.05) is 24.2 Å². The highest BCUT2D eigenvalue weighted by molar-refractivity contribution is 5.98. The molecule has 25 heavy (non-hydrogen) atoms. The van der Waals surface area contributed by atoms with Crippen LogP contribution in [0.4, 0.5) is 5.69 Å². The van der Waals surface area contributed by atoms with Crippen molar-refractivity contribution in [2.24, 2.45) is 0 Å². The number of hydrogen-bond acceptors (Lipinski definition) is 3. The Kier molecular flexibility index (Phi) is 3.76. The van der Waals surface area contributed by atoms with Crippen molar-refractivity contribution < 1.29 is 9.90 Å². The minimum atomic E-state index is -0.162. The van der Waals surface area contributed by atoms with Gasteiger partial charge in [-0.2, -0.15) is 0 Å². The maximum Gasteiger partial charge on any atom is 0.229 e. The molecule has 4 rings (SSSR count). The van der Waals surface area contributed by atoms with Crippen LogP contribution in [0.5, 0.6) is 0 Å². The summed E-state index contributed by atoms with van der Waals surface area (Å²) in [6, 6.07) is 15.4. The predicted molar refractivity (Wildman–Crippen MR) is 98.3 cm³/mol. The molecule has 126 valence electrons. The van der Waals surface area contributed by atoms with E-state index < -0.39 is 0 Å². The smallest absolute Gasteiger partial charge is 0.229 e. The molecular formula is C20H19N3O2. The van der Waals surface area contributed by atoms with Crippen LogP contribution in [0.1, 0.15) is 24.2 Å². The Balaban J connectivity index is 1.67. The number of nitrogens with zero attached hydrogens (tertiary/aromatic N) is 2. The second kappa shape index (κ2) is 6.09. The number of benzene rings is 2. The second-order valence-corrected chi connectivity index (χ2v) is 6.30. The zero-order chi connectivity index (χ0) is 17.4. The number of aliphatic hydroxyl groups excluding tert-OH is 1. The lowest BCUT2D eigenvalue weighted by atomic mass is 10.0. The molecule has 0 aliphatic carbocycles. The number of carbonyl (C=O) groups excluding carboxylic acids is 1. The van der Waals surface area contributed by atoms with Gasteiger partial charge in [0.05, 0.1) is 17.5 Å². The number of imidazole rings is 1. The van der Waals surface area contributed by atoms with Crippen LogP contribution in [-0.2, 0) is 11.3 Å². The van der Waals surface area contributed by atoms with Gasteiger partial charge in [0.2, 0.25) is 5.91 Å². The maximum absolute atomic E-state index is 12.4. The van der Waals surface area contributed by atoms with E-state index in [0.717, 1.165) is 22.3 Å². The quantitative estimate of drug-likeness (QED) is 0.760. The van der Waals surface area contributed by atoms with Crippen LogP contribution in [0.3, 0.4) is 0 Å². The van der Waals surface area contributed by atoms with Crippen molar-refractivity contribution in [3.05, 3.63) is 65.7 Å². The standard InChI is InChI=1S/C20H19N3O2/c1-13-6-5-9-16-19(13)22-20-15(17(24)10-11-23(16)20)12-18(25)21-14-7-3-2-4-8-14/h2-9,24H,10-12H2,1H3,(H,21,25). The molecular weight excluding hydrogens is 314 g/mol. The highest BCUT2D eigenvalue weighted by atomic mass is 16.3. The van der Waals surface area contributed by atoms with Crippen LogP contribution in [0, 0.1) is 6.92 Å². The summed E-state index contributed by atoms with van der Waals surface area (Å²) in [5.41, 5.74) is 4.41. The zero-order valence-electron chi connectivity index (χ0n) is 14.0. The second-order valence-electron chi connectivity index (χ2n) is 6.30. The van der Waals surface area contributed by atoms with Crippen molar-refractivity contribution in [2.45, 2.75) is 26.3 Å². The lowest BCUT2D eigenvalue weighted by molar-refractivity contribution is -0.115. The molecule has 1 aliphatic heterocycles. The van der Waals surface area contributed by atoms with Crippen molar-refractivity contribution in [3.63, 3.8) is 0 Å². The summed E-state index contributed by atoms with van der Waals surface area (Å²) in [7, 11) is 0. The van der Waals surface area contributed by atoms with Gasteiger partial charge in [-0.3, -0.25) is 4.79 Å². The van der Waals surface area contributed by atoms with E-state index in [0.29, 0.717) is 24.4 Å². The minimum Gasteiger partial charge on any atom is -0.512 e. The third kappa shape index (κ3) is 2.78. The maximum atomic E-state index is 12.4. The highest BCUT2D eigenvalue weighted by Crippen LogP contribution is 2.32. The molecule has 1 amide bonds. The molecule has 2 N–H and O–H groups in total. The van der Waals surface area contributed by atoms with Crippen LogP contribution in [-0.4, -0.2) is 20.6 Å². The number of anilines is 1. The number of hydrogen-bond donors (Lipinski definition) is 2. The molecule has 0 saturated carbocycles. The number of para-hydroxylation sites is 2. The molecule has 3 aromatic rings. The van der Waals surface area contributed by atoms with Crippen LogP contribution in [0.25, 0.3) is 16.6 Å². The van der Waals surface area contributed by atoms with Crippen molar-refractivity contribution in [2.75, 3.05) is 5.32 Å². The Morgan fingerprint density at radius 1 is 1.20 bits per heavy atom. The molecule has 1 aliphatic rings. The van der Waals surface area contributed by atoms with Gasteiger partial charge in [-0.1, -0.05) is 30.3 Å². The van der Waals surface area contributed by atoms with Gasteiger partial charge in [-0.15, -0.1) is 0 Å². The third-order valence-electron chi connectivity index (χ3n) is 4.57. The van der Waals surface area contributed by atoms with Gasteiger partial charge < -0.3 is 15.0 Å². The zero-order valence-corrected chi connectivity index (χ0v) is 14.0. The fourth-order valence-corrected chi connectivity index (χ4v) is 3.31. The van der Waals surface area contributed by atoms with E-state index in [2.05, 4.69) is 9.88 Å². The molecule has 0 saturated heterocycles. The van der Waals surface area contributed by atoms with Crippen LogP contribution < -0.4 is 5.32 Å². The number of aliphatic hydroxyl groups is 1. The number of aryl methyl sites for hydroxylation is 2. The Bertz CT molecular complexity index is 987. The number of aromatic nitrogens is 2. The van der Waals surface area contributed by atoms with Crippen molar-refractivity contribution >= 4 is 28.2 Å². The predicted octanol–water partition coefficient (Wildman–Crippen LogP) is 4.05. The van der Waals surface area contributed by atoms with E-state index in [1.54, 1.807) is 0 Å². The fraction of sp³-hybridized carbons (Fsp3) is 0.200. The average Bonchev–Trinajstić information content (AvgIpc) is 2.99. The van der Waals surface area contributed by atoms with Gasteiger partial charge in [0.25, 0.3) is 0 Å². The Labute approximate surface area is 145 Å². The Morgan fingerprint density at radius 3 is 2.80 bits per heavy atom. The van der Waals surface area contributed by atoms with Crippen LogP contribution in [0.2, 0.25) is 0 Å². The summed E-state index contributed by atoms with van der Waals surface area (Å²) >= 11 is 0. The van der Waals surface area contributed by atoms with Gasteiger partial charge in [0.15, 0.2) is 0 Å². The van der Waals surface area contributed by atoms with Gasteiger partial charge in [0.1, 0.15) is 11.6 Å². The molecule has 0 radical (unpaired) electrons. The van der Waals surface area contributed by atoms with E-state index >= 15 is 0 Å². The number of fused-ring (bicyclic) bond motifs is 3. The number of amides is 1. The molecule has 0 fully saturated rings. The van der Waals surface area contributed by atoms with E-state index in [9.17, 15) is 9.90 Å². The molecule has 5 nitrogen and oxygen atoms in total. The summed E-state index contributed by atoms with van der Waals surface area (Å²) < 4.78 is 2.09. The first-order valence-electron chi connectivity index (χ1n) is 8.35. The van der Waals surface area contributed by atoms with E-state index in [1.165, 1.54) is 0 Å². The molecule has 2 heterocycles. The Hall–Kier alpha value is -3.08. The van der Waals surface area contributed by atoms with Crippen molar-refractivity contribution in [3.8, 4) is 0 Å². The van der Waals surface area contributed by atoms with E-state index in [1.807, 2.05) is 55.5 Å². The highest BCUT2D eigenvalue weighted by Gasteiger charge is 2.25. The van der Waals surface area contributed by atoms with Crippen molar-refractivity contribution in [1.82, 2.24) is 9.55 Å². The molecule has 0 unspecified atom stereocenters. The normalized spacial score (nSPS) is 13.8. The number of allylic oxidation sites excluding steroid dienone is 1. The SMILES string of the molecule is Cc1cccc2c1nc1n2CCC(O)=C1CC(=O)Nc1ccccc1. The summed E-state index contributed by atoms with van der Waals surface area (Å²) in [6.07, 6.45) is 0.615. The van der Waals surface area contributed by atoms with Gasteiger partial charge in [-0.05, 0) is 30.7 Å². The number of nitrogens with one attached hydrogen (secondary N) is 1. The minimum absolute atomic E-state index is 0.100. The lowest BCUT2D eigenvalue weighted by Gasteiger charge is -2.19. The fourth-order valence-electron chi connectivity index (χ4n) is 3.31. The number of rotatable bonds is 3. The molecule has 0 spiro atoms. The summed E-state index contributed by atoms with van der Waals surface area (Å²) in [4.78, 5) is 17.1. The van der Waals surface area contributed by atoms with Crippen LogP contribution in [0.15, 0.2) is 54.3 Å². The Morgan fingerprint density at radius 2 is 2.00 bits per heavy atom. The molecule has 0 atom stereocenters. The molecule has 2 aromatic carbocycles. The van der Waals surface area contributed by atoms with Gasteiger partial charge in [-0.25, -0.2) is 4.98 Å². The lowest BCUT2D eigenvalue weighted by Crippen LogP contribution is -2.17. The first kappa shape index (κ1) is 15.4. The van der Waals surface area contributed by atoms with E-state index in [-0.39, 0.29) is 18.1 Å².